The maximum absolute atomic E-state index is 13.0. The number of rotatable bonds is 6. The Kier molecular flexibility index (Phi) is 6.13. The Labute approximate surface area is 200 Å². The van der Waals surface area contributed by atoms with Gasteiger partial charge in [-0.2, -0.15) is 0 Å². The second-order valence-corrected chi connectivity index (χ2v) is 9.68. The molecular weight excluding hydrogens is 424 g/mol. The molecule has 1 aliphatic heterocycles. The number of nitrogens with one attached hydrogen (secondary N) is 1. The molecule has 0 radical (unpaired) electrons. The summed E-state index contributed by atoms with van der Waals surface area (Å²) in [6.07, 6.45) is 10.6. The summed E-state index contributed by atoms with van der Waals surface area (Å²) in [6.45, 7) is 13.6. The molecule has 7 nitrogen and oxygen atoms in total. The molecule has 1 atom stereocenters. The summed E-state index contributed by atoms with van der Waals surface area (Å²) < 4.78 is 1.65. The van der Waals surface area contributed by atoms with Crippen LogP contribution in [-0.2, 0) is 0 Å². The number of aromatic nitrogens is 4. The van der Waals surface area contributed by atoms with Crippen LogP contribution < -0.4 is 10.5 Å². The molecule has 0 spiro atoms. The molecule has 0 bridgehead atoms. The van der Waals surface area contributed by atoms with Gasteiger partial charge in [-0.1, -0.05) is 19.9 Å². The molecule has 0 aromatic carbocycles. The van der Waals surface area contributed by atoms with Crippen molar-refractivity contribution in [3.05, 3.63) is 70.8 Å². The van der Waals surface area contributed by atoms with Gasteiger partial charge in [-0.3, -0.25) is 14.1 Å². The minimum atomic E-state index is -0.0931. The van der Waals surface area contributed by atoms with Crippen LogP contribution in [0.4, 0.5) is 5.69 Å². The standard InChI is InChI=1S/C27H34N6O/c1-5-21(27-28-15-19(3)29-27)13-18(2)24-14-26(34)33-17-23(9-10-25(33)30-24)31-11-12-32(20(4)16-31)22-7-6-8-22/h9-10,13-15,17,20,22H,2,5-8,11-12,16H2,1,3-4H3,(H,28,29)/b21-13-/t20-/m0/s1. The number of imidazole rings is 1. The van der Waals surface area contributed by atoms with Gasteiger partial charge in [-0.05, 0) is 62.5 Å². The molecule has 1 N–H and O–H groups in total. The lowest BCUT2D eigenvalue weighted by Crippen LogP contribution is -2.57. The Balaban J connectivity index is 1.38. The Morgan fingerprint density at radius 3 is 2.76 bits per heavy atom. The third kappa shape index (κ3) is 4.32. The second-order valence-electron chi connectivity index (χ2n) is 9.68. The highest BCUT2D eigenvalue weighted by molar-refractivity contribution is 5.80. The Bertz CT molecular complexity index is 1300. The second kappa shape index (κ2) is 9.22. The first-order valence-corrected chi connectivity index (χ1v) is 12.4. The largest absolute Gasteiger partial charge is 0.367 e. The van der Waals surface area contributed by atoms with Crippen LogP contribution in [0.1, 0.15) is 56.7 Å². The van der Waals surface area contributed by atoms with Gasteiger partial charge in [0.05, 0.1) is 11.4 Å². The van der Waals surface area contributed by atoms with Crippen molar-refractivity contribution in [2.75, 3.05) is 24.5 Å². The molecule has 2 aliphatic rings. The zero-order chi connectivity index (χ0) is 23.8. The van der Waals surface area contributed by atoms with E-state index in [2.05, 4.69) is 46.3 Å². The first-order chi connectivity index (χ1) is 16.4. The van der Waals surface area contributed by atoms with Gasteiger partial charge >= 0.3 is 0 Å². The maximum atomic E-state index is 13.0. The lowest BCUT2D eigenvalue weighted by atomic mass is 9.89. The van der Waals surface area contributed by atoms with Crippen molar-refractivity contribution in [2.45, 2.75) is 58.5 Å². The van der Waals surface area contributed by atoms with Crippen LogP contribution in [0, 0.1) is 6.92 Å². The highest BCUT2D eigenvalue weighted by atomic mass is 16.1. The molecule has 4 heterocycles. The van der Waals surface area contributed by atoms with Crippen LogP contribution in [0.3, 0.4) is 0 Å². The van der Waals surface area contributed by atoms with Crippen LogP contribution >= 0.6 is 0 Å². The molecule has 5 rings (SSSR count). The minimum Gasteiger partial charge on any atom is -0.367 e. The number of H-pyrrole nitrogens is 1. The zero-order valence-corrected chi connectivity index (χ0v) is 20.4. The third-order valence-corrected chi connectivity index (χ3v) is 7.30. The van der Waals surface area contributed by atoms with Crippen molar-refractivity contribution in [1.29, 1.82) is 0 Å². The first-order valence-electron chi connectivity index (χ1n) is 12.4. The third-order valence-electron chi connectivity index (χ3n) is 7.30. The molecular formula is C27H34N6O. The van der Waals surface area contributed by atoms with Crippen molar-refractivity contribution < 1.29 is 0 Å². The topological polar surface area (TPSA) is 69.5 Å². The highest BCUT2D eigenvalue weighted by Crippen LogP contribution is 2.29. The fourth-order valence-electron chi connectivity index (χ4n) is 5.11. The number of nitrogens with zero attached hydrogens (tertiary/aromatic N) is 5. The number of pyridine rings is 1. The SMILES string of the molecule is C=C(/C=C(/CC)c1ncc(C)[nH]1)c1cc(=O)n2cc(N3CCN(C4CCC4)[C@@H](C)C3)ccc2n1. The van der Waals surface area contributed by atoms with Gasteiger partial charge in [0.15, 0.2) is 0 Å². The first kappa shape index (κ1) is 22.6. The monoisotopic (exact) mass is 458 g/mol. The predicted molar refractivity (Wildman–Crippen MR) is 138 cm³/mol. The van der Waals surface area contributed by atoms with Gasteiger partial charge in [0.25, 0.3) is 5.56 Å². The van der Waals surface area contributed by atoms with Gasteiger partial charge in [-0.25, -0.2) is 9.97 Å². The van der Waals surface area contributed by atoms with Gasteiger partial charge in [0.1, 0.15) is 11.5 Å². The number of fused-ring (bicyclic) bond motifs is 1. The van der Waals surface area contributed by atoms with E-state index in [1.54, 1.807) is 10.5 Å². The van der Waals surface area contributed by atoms with Crippen LogP contribution in [0.5, 0.6) is 0 Å². The van der Waals surface area contributed by atoms with E-state index >= 15 is 0 Å². The van der Waals surface area contributed by atoms with Crippen molar-refractivity contribution in [3.8, 4) is 0 Å². The summed E-state index contributed by atoms with van der Waals surface area (Å²) in [7, 11) is 0. The van der Waals surface area contributed by atoms with E-state index in [4.69, 9.17) is 4.98 Å². The fourth-order valence-corrected chi connectivity index (χ4v) is 5.11. The smallest absolute Gasteiger partial charge is 0.258 e. The molecule has 3 aromatic heterocycles. The quantitative estimate of drug-likeness (QED) is 0.558. The zero-order valence-electron chi connectivity index (χ0n) is 20.4. The number of hydrogen-bond donors (Lipinski definition) is 1. The van der Waals surface area contributed by atoms with Crippen molar-refractivity contribution >= 4 is 22.5 Å². The van der Waals surface area contributed by atoms with E-state index in [-0.39, 0.29) is 5.56 Å². The highest BCUT2D eigenvalue weighted by Gasteiger charge is 2.32. The van der Waals surface area contributed by atoms with E-state index < -0.39 is 0 Å². The van der Waals surface area contributed by atoms with Crippen molar-refractivity contribution in [3.63, 3.8) is 0 Å². The van der Waals surface area contributed by atoms with Crippen LogP contribution in [0.2, 0.25) is 0 Å². The lowest BCUT2D eigenvalue weighted by molar-refractivity contribution is 0.0775. The van der Waals surface area contributed by atoms with Crippen LogP contribution in [0.25, 0.3) is 16.8 Å². The number of aromatic amines is 1. The van der Waals surface area contributed by atoms with E-state index in [9.17, 15) is 4.79 Å². The molecule has 0 amide bonds. The summed E-state index contributed by atoms with van der Waals surface area (Å²) >= 11 is 0. The van der Waals surface area contributed by atoms with E-state index in [0.717, 1.165) is 54.9 Å². The number of allylic oxidation sites excluding steroid dienone is 3. The molecule has 7 heteroatoms. The molecule has 1 saturated carbocycles. The molecule has 3 aromatic rings. The maximum Gasteiger partial charge on any atom is 0.258 e. The number of piperazine rings is 1. The molecule has 1 saturated heterocycles. The van der Waals surface area contributed by atoms with Gasteiger partial charge in [0, 0.05) is 55.9 Å². The number of hydrogen-bond acceptors (Lipinski definition) is 5. The molecule has 0 unspecified atom stereocenters. The predicted octanol–water partition coefficient (Wildman–Crippen LogP) is 4.30. The van der Waals surface area contributed by atoms with E-state index in [1.165, 1.54) is 19.3 Å². The van der Waals surface area contributed by atoms with Crippen molar-refractivity contribution in [2.24, 2.45) is 0 Å². The normalized spacial score (nSPS) is 20.0. The van der Waals surface area contributed by atoms with Gasteiger partial charge in [0.2, 0.25) is 0 Å². The Hall–Kier alpha value is -3.19. The van der Waals surface area contributed by atoms with Crippen molar-refractivity contribution in [1.82, 2.24) is 24.3 Å². The van der Waals surface area contributed by atoms with Crippen LogP contribution in [-0.4, -0.2) is 56.0 Å². The average molecular weight is 459 g/mol. The number of aryl methyl sites for hydroxylation is 1. The van der Waals surface area contributed by atoms with Gasteiger partial charge in [-0.15, -0.1) is 0 Å². The number of anilines is 1. The lowest BCUT2D eigenvalue weighted by Gasteiger charge is -2.47. The molecule has 2 fully saturated rings. The minimum absolute atomic E-state index is 0.0931. The summed E-state index contributed by atoms with van der Waals surface area (Å²) in [5.74, 6) is 0.829. The summed E-state index contributed by atoms with van der Waals surface area (Å²) in [4.78, 5) is 30.5. The van der Waals surface area contributed by atoms with E-state index in [1.807, 2.05) is 31.5 Å². The summed E-state index contributed by atoms with van der Waals surface area (Å²) in [6, 6.07) is 6.89. The van der Waals surface area contributed by atoms with Gasteiger partial charge < -0.3 is 9.88 Å². The molecule has 1 aliphatic carbocycles. The Morgan fingerprint density at radius 2 is 2.12 bits per heavy atom. The van der Waals surface area contributed by atoms with Crippen LogP contribution in [0.15, 0.2) is 48.0 Å². The van der Waals surface area contributed by atoms with E-state index in [0.29, 0.717) is 23.0 Å². The fraction of sp³-hybridized carbons (Fsp3) is 0.444. The Morgan fingerprint density at radius 1 is 1.29 bits per heavy atom. The average Bonchev–Trinajstić information content (AvgIpc) is 3.23. The molecule has 34 heavy (non-hydrogen) atoms. The summed E-state index contributed by atoms with van der Waals surface area (Å²) in [5, 5.41) is 0. The summed E-state index contributed by atoms with van der Waals surface area (Å²) in [5.41, 5.74) is 4.95. The molecule has 178 valence electrons.